The molecule has 0 spiro atoms. The highest BCUT2D eigenvalue weighted by atomic mass is 16.6. The van der Waals surface area contributed by atoms with Gasteiger partial charge in [-0.3, -0.25) is 10.2 Å². The van der Waals surface area contributed by atoms with E-state index in [1.54, 1.807) is 12.1 Å². The third-order valence-electron chi connectivity index (χ3n) is 3.23. The third-order valence-corrected chi connectivity index (χ3v) is 3.23. The molecule has 7 heteroatoms. The summed E-state index contributed by atoms with van der Waals surface area (Å²) in [6.45, 7) is 3.89. The van der Waals surface area contributed by atoms with Crippen molar-refractivity contribution in [3.05, 3.63) is 23.3 Å². The van der Waals surface area contributed by atoms with Crippen LogP contribution in [0.4, 0.5) is 0 Å². The molecule has 1 aliphatic heterocycles. The first-order valence-electron chi connectivity index (χ1n) is 6.98. The van der Waals surface area contributed by atoms with E-state index in [1.165, 1.54) is 14.2 Å². The summed E-state index contributed by atoms with van der Waals surface area (Å²) in [7, 11) is 2.95. The molecule has 0 bridgehead atoms. The number of fused-ring (bicyclic) bond motifs is 1. The number of hydrogen-bond donors (Lipinski definition) is 2. The van der Waals surface area contributed by atoms with Crippen molar-refractivity contribution in [2.45, 2.75) is 26.5 Å². The Morgan fingerprint density at radius 1 is 1.32 bits per heavy atom. The van der Waals surface area contributed by atoms with E-state index < -0.39 is 12.2 Å². The lowest BCUT2D eigenvalue weighted by Gasteiger charge is -2.15. The van der Waals surface area contributed by atoms with Gasteiger partial charge in [0.2, 0.25) is 5.91 Å². The summed E-state index contributed by atoms with van der Waals surface area (Å²) in [5.41, 5.74) is 6.16. The van der Waals surface area contributed by atoms with Crippen LogP contribution in [-0.2, 0) is 9.53 Å². The predicted octanol–water partition coefficient (Wildman–Crippen LogP) is 1.54. The second kappa shape index (κ2) is 6.65. The van der Waals surface area contributed by atoms with Crippen LogP contribution in [0.2, 0.25) is 0 Å². The van der Waals surface area contributed by atoms with Crippen LogP contribution in [0.5, 0.6) is 11.5 Å². The summed E-state index contributed by atoms with van der Waals surface area (Å²) in [5.74, 6) is 0.316. The molecule has 0 fully saturated rings. The molecule has 0 aromatic heterocycles. The highest BCUT2D eigenvalue weighted by Crippen LogP contribution is 2.40. The smallest absolute Gasteiger partial charge is 0.344 e. The van der Waals surface area contributed by atoms with Gasteiger partial charge in [0.1, 0.15) is 5.56 Å². The quantitative estimate of drug-likeness (QED) is 0.612. The van der Waals surface area contributed by atoms with Crippen molar-refractivity contribution in [2.24, 2.45) is 5.92 Å². The maximum absolute atomic E-state index is 12.0. The minimum Gasteiger partial charge on any atom is -0.493 e. The van der Waals surface area contributed by atoms with Gasteiger partial charge in [-0.05, 0) is 18.1 Å². The molecule has 0 radical (unpaired) electrons. The lowest BCUT2D eigenvalue weighted by molar-refractivity contribution is -0.123. The topological polar surface area (TPSA) is 85.9 Å². The molecule has 7 nitrogen and oxygen atoms in total. The third kappa shape index (κ3) is 3.14. The molecular formula is C15H20N2O5. The summed E-state index contributed by atoms with van der Waals surface area (Å²) >= 11 is 0. The number of methoxy groups -OCH3 is 2. The average Bonchev–Trinajstić information content (AvgIpc) is 2.80. The molecular weight excluding hydrogens is 288 g/mol. The van der Waals surface area contributed by atoms with Crippen molar-refractivity contribution in [3.63, 3.8) is 0 Å². The summed E-state index contributed by atoms with van der Waals surface area (Å²) in [5, 5.41) is 0. The zero-order chi connectivity index (χ0) is 16.3. The van der Waals surface area contributed by atoms with Crippen LogP contribution in [0, 0.1) is 5.92 Å². The number of cyclic esters (lactones) is 1. The van der Waals surface area contributed by atoms with Crippen LogP contribution in [0.3, 0.4) is 0 Å². The minimum absolute atomic E-state index is 0.167. The molecule has 1 aromatic rings. The Balaban J connectivity index is 2.17. The van der Waals surface area contributed by atoms with E-state index in [9.17, 15) is 9.59 Å². The van der Waals surface area contributed by atoms with Crippen LogP contribution in [0.15, 0.2) is 12.1 Å². The molecule has 0 aliphatic carbocycles. The summed E-state index contributed by atoms with van der Waals surface area (Å²) in [6.07, 6.45) is -0.370. The Bertz CT molecular complexity index is 586. The number of esters is 1. The lowest BCUT2D eigenvalue weighted by atomic mass is 10.1. The zero-order valence-corrected chi connectivity index (χ0v) is 13.1. The first-order valence-corrected chi connectivity index (χ1v) is 6.98. The Kier molecular flexibility index (Phi) is 4.87. The van der Waals surface area contributed by atoms with E-state index in [0.29, 0.717) is 29.0 Å². The standard InChI is InChI=1S/C15H20N2O5/c1-8(2)7-11(18)16-17-14-9-5-6-10(20-3)13(21-4)12(9)15(19)22-14/h5-6,8,14,17H,7H2,1-4H3,(H,16,18). The fraction of sp³-hybridized carbons (Fsp3) is 0.467. The Hall–Kier alpha value is -2.28. The largest absolute Gasteiger partial charge is 0.493 e. The average molecular weight is 308 g/mol. The minimum atomic E-state index is -0.751. The molecule has 2 rings (SSSR count). The predicted molar refractivity (Wildman–Crippen MR) is 78.4 cm³/mol. The van der Waals surface area contributed by atoms with Crippen LogP contribution in [0.25, 0.3) is 0 Å². The highest BCUT2D eigenvalue weighted by Gasteiger charge is 2.35. The monoisotopic (exact) mass is 308 g/mol. The summed E-state index contributed by atoms with van der Waals surface area (Å²) in [6, 6.07) is 3.39. The number of hydrazine groups is 1. The maximum Gasteiger partial charge on any atom is 0.344 e. The van der Waals surface area contributed by atoms with E-state index in [-0.39, 0.29) is 11.8 Å². The van der Waals surface area contributed by atoms with Gasteiger partial charge < -0.3 is 14.2 Å². The molecule has 0 saturated carbocycles. The maximum atomic E-state index is 12.0. The molecule has 22 heavy (non-hydrogen) atoms. The highest BCUT2D eigenvalue weighted by molar-refractivity contribution is 5.98. The number of hydrogen-bond acceptors (Lipinski definition) is 6. The van der Waals surface area contributed by atoms with Gasteiger partial charge in [0.15, 0.2) is 17.7 Å². The SMILES string of the molecule is COc1ccc2c(c1OC)C(=O)OC2NNC(=O)CC(C)C. The van der Waals surface area contributed by atoms with E-state index >= 15 is 0 Å². The van der Waals surface area contributed by atoms with Gasteiger partial charge in [0.05, 0.1) is 14.2 Å². The van der Waals surface area contributed by atoms with E-state index in [4.69, 9.17) is 14.2 Å². The van der Waals surface area contributed by atoms with Crippen molar-refractivity contribution in [3.8, 4) is 11.5 Å². The van der Waals surface area contributed by atoms with Gasteiger partial charge in [-0.1, -0.05) is 13.8 Å². The number of nitrogens with one attached hydrogen (secondary N) is 2. The second-order valence-corrected chi connectivity index (χ2v) is 5.34. The van der Waals surface area contributed by atoms with Crippen molar-refractivity contribution >= 4 is 11.9 Å². The molecule has 120 valence electrons. The number of rotatable bonds is 6. The number of benzene rings is 1. The van der Waals surface area contributed by atoms with E-state index in [2.05, 4.69) is 10.9 Å². The number of carbonyl (C=O) groups is 2. The fourth-order valence-electron chi connectivity index (χ4n) is 2.28. The molecule has 1 heterocycles. The molecule has 2 N–H and O–H groups in total. The Labute approximate surface area is 128 Å². The molecule has 1 aliphatic rings. The van der Waals surface area contributed by atoms with Gasteiger partial charge in [0.25, 0.3) is 0 Å². The fourth-order valence-corrected chi connectivity index (χ4v) is 2.28. The molecule has 1 aromatic carbocycles. The van der Waals surface area contributed by atoms with Crippen LogP contribution in [-0.4, -0.2) is 26.1 Å². The van der Waals surface area contributed by atoms with Crippen LogP contribution >= 0.6 is 0 Å². The van der Waals surface area contributed by atoms with E-state index in [1.807, 2.05) is 13.8 Å². The first-order chi connectivity index (χ1) is 10.5. The number of amides is 1. The van der Waals surface area contributed by atoms with Crippen molar-refractivity contribution in [2.75, 3.05) is 14.2 Å². The normalized spacial score (nSPS) is 16.2. The van der Waals surface area contributed by atoms with Gasteiger partial charge >= 0.3 is 5.97 Å². The van der Waals surface area contributed by atoms with Gasteiger partial charge in [0, 0.05) is 12.0 Å². The lowest BCUT2D eigenvalue weighted by Crippen LogP contribution is -2.40. The first kappa shape index (κ1) is 16.1. The summed E-state index contributed by atoms with van der Waals surface area (Å²) < 4.78 is 15.6. The van der Waals surface area contributed by atoms with Gasteiger partial charge in [-0.15, -0.1) is 0 Å². The molecule has 1 unspecified atom stereocenters. The Morgan fingerprint density at radius 3 is 2.64 bits per heavy atom. The Morgan fingerprint density at radius 2 is 2.05 bits per heavy atom. The molecule has 1 atom stereocenters. The molecule has 0 saturated heterocycles. The van der Waals surface area contributed by atoms with Crippen molar-refractivity contribution < 1.29 is 23.8 Å². The zero-order valence-electron chi connectivity index (χ0n) is 13.1. The van der Waals surface area contributed by atoms with Crippen molar-refractivity contribution in [1.82, 2.24) is 10.9 Å². The van der Waals surface area contributed by atoms with Crippen molar-refractivity contribution in [1.29, 1.82) is 0 Å². The van der Waals surface area contributed by atoms with Crippen LogP contribution in [0.1, 0.15) is 42.4 Å². The number of carbonyl (C=O) groups excluding carboxylic acids is 2. The second-order valence-electron chi connectivity index (χ2n) is 5.34. The van der Waals surface area contributed by atoms with E-state index in [0.717, 1.165) is 0 Å². The molecule has 1 amide bonds. The van der Waals surface area contributed by atoms with Crippen LogP contribution < -0.4 is 20.3 Å². The van der Waals surface area contributed by atoms with Gasteiger partial charge in [-0.2, -0.15) is 5.43 Å². The summed E-state index contributed by atoms with van der Waals surface area (Å²) in [4.78, 5) is 23.7. The van der Waals surface area contributed by atoms with Gasteiger partial charge in [-0.25, -0.2) is 4.79 Å². The number of ether oxygens (including phenoxy) is 3.